The first-order valence-corrected chi connectivity index (χ1v) is 7.57. The van der Waals surface area contributed by atoms with E-state index in [1.54, 1.807) is 18.3 Å². The smallest absolute Gasteiger partial charge is 0.332 e. The van der Waals surface area contributed by atoms with Crippen LogP contribution in [0.15, 0.2) is 35.8 Å². The van der Waals surface area contributed by atoms with Gasteiger partial charge < -0.3 is 5.32 Å². The molecular formula is C14H12F3N5S. The molecule has 2 N–H and O–H groups in total. The molecule has 1 atom stereocenters. The highest BCUT2D eigenvalue weighted by atomic mass is 32.1. The van der Waals surface area contributed by atoms with Crippen LogP contribution in [0.25, 0.3) is 0 Å². The van der Waals surface area contributed by atoms with E-state index in [0.29, 0.717) is 5.69 Å². The van der Waals surface area contributed by atoms with E-state index in [2.05, 4.69) is 25.7 Å². The van der Waals surface area contributed by atoms with E-state index in [4.69, 9.17) is 0 Å². The highest BCUT2D eigenvalue weighted by Crippen LogP contribution is 2.33. The van der Waals surface area contributed by atoms with E-state index < -0.39 is 11.9 Å². The Labute approximate surface area is 133 Å². The van der Waals surface area contributed by atoms with Gasteiger partial charge in [0, 0.05) is 17.0 Å². The number of aromatic amines is 1. The maximum absolute atomic E-state index is 12.5. The molecule has 0 spiro atoms. The molecule has 2 aromatic heterocycles. The van der Waals surface area contributed by atoms with Crippen LogP contribution in [0.1, 0.15) is 29.8 Å². The molecular weight excluding hydrogens is 327 g/mol. The first-order valence-electron chi connectivity index (χ1n) is 6.69. The number of rotatable bonds is 4. The van der Waals surface area contributed by atoms with Crippen molar-refractivity contribution in [1.29, 1.82) is 0 Å². The van der Waals surface area contributed by atoms with Crippen LogP contribution in [0.3, 0.4) is 0 Å². The summed E-state index contributed by atoms with van der Waals surface area (Å²) in [5.41, 5.74) is 1.63. The van der Waals surface area contributed by atoms with Crippen molar-refractivity contribution in [1.82, 2.24) is 20.4 Å². The molecule has 23 heavy (non-hydrogen) atoms. The number of halogens is 3. The van der Waals surface area contributed by atoms with Crippen molar-refractivity contribution >= 4 is 22.2 Å². The zero-order chi connectivity index (χ0) is 16.4. The second-order valence-corrected chi connectivity index (χ2v) is 5.76. The minimum Gasteiger partial charge on any atom is -0.332 e. The molecule has 1 aromatic carbocycles. The van der Waals surface area contributed by atoms with Crippen LogP contribution in [0.5, 0.6) is 0 Å². The summed E-state index contributed by atoms with van der Waals surface area (Å²) in [4.78, 5) is 3.53. The van der Waals surface area contributed by atoms with Gasteiger partial charge in [-0.25, -0.2) is 4.98 Å². The summed E-state index contributed by atoms with van der Waals surface area (Å²) in [6.07, 6.45) is -2.77. The van der Waals surface area contributed by atoms with E-state index in [1.807, 2.05) is 19.1 Å². The lowest BCUT2D eigenvalue weighted by Crippen LogP contribution is -2.05. The van der Waals surface area contributed by atoms with Gasteiger partial charge in [-0.2, -0.15) is 28.6 Å². The summed E-state index contributed by atoms with van der Waals surface area (Å²) in [7, 11) is 0. The minimum atomic E-state index is -4.42. The molecule has 9 heteroatoms. The zero-order valence-electron chi connectivity index (χ0n) is 11.9. The van der Waals surface area contributed by atoms with Gasteiger partial charge in [0.05, 0.1) is 11.9 Å². The molecule has 120 valence electrons. The average molecular weight is 339 g/mol. The van der Waals surface area contributed by atoms with Crippen LogP contribution < -0.4 is 5.32 Å². The number of alkyl halides is 3. The normalized spacial score (nSPS) is 13.0. The van der Waals surface area contributed by atoms with Crippen LogP contribution >= 0.6 is 11.3 Å². The number of benzene rings is 1. The number of hydrogen-bond acceptors (Lipinski definition) is 5. The fourth-order valence-electron chi connectivity index (χ4n) is 2.03. The highest BCUT2D eigenvalue weighted by molar-refractivity contribution is 7.13. The molecule has 5 nitrogen and oxygen atoms in total. The van der Waals surface area contributed by atoms with Crippen LogP contribution in [-0.2, 0) is 6.18 Å². The molecule has 0 aliphatic carbocycles. The fourth-order valence-corrected chi connectivity index (χ4v) is 2.77. The van der Waals surface area contributed by atoms with Gasteiger partial charge in [-0.15, -0.1) is 11.3 Å². The molecule has 0 saturated carbocycles. The van der Waals surface area contributed by atoms with Gasteiger partial charge in [0.25, 0.3) is 0 Å². The van der Waals surface area contributed by atoms with Crippen molar-refractivity contribution in [3.05, 3.63) is 52.8 Å². The molecule has 3 rings (SSSR count). The molecule has 0 aliphatic heterocycles. The van der Waals surface area contributed by atoms with Crippen molar-refractivity contribution < 1.29 is 13.2 Å². The maximum Gasteiger partial charge on any atom is 0.434 e. The molecule has 0 saturated heterocycles. The van der Waals surface area contributed by atoms with Gasteiger partial charge in [-0.3, -0.25) is 0 Å². The van der Waals surface area contributed by atoms with E-state index in [9.17, 15) is 13.2 Å². The topological polar surface area (TPSA) is 66.5 Å². The molecule has 1 unspecified atom stereocenters. The molecule has 0 fully saturated rings. The third kappa shape index (κ3) is 3.50. The molecule has 3 aromatic rings. The lowest BCUT2D eigenvalue weighted by molar-refractivity contribution is -0.140. The van der Waals surface area contributed by atoms with Crippen molar-refractivity contribution in [3.8, 4) is 0 Å². The highest BCUT2D eigenvalue weighted by Gasteiger charge is 2.33. The monoisotopic (exact) mass is 339 g/mol. The van der Waals surface area contributed by atoms with Crippen molar-refractivity contribution in [2.75, 3.05) is 5.32 Å². The number of nitrogens with one attached hydrogen (secondary N) is 2. The molecule has 2 heterocycles. The first kappa shape index (κ1) is 15.5. The molecule has 0 bridgehead atoms. The largest absolute Gasteiger partial charge is 0.434 e. The molecule has 0 radical (unpaired) electrons. The van der Waals surface area contributed by atoms with E-state index in [1.165, 1.54) is 0 Å². The summed E-state index contributed by atoms with van der Waals surface area (Å²) in [6, 6.07) is 7.36. The average Bonchev–Trinajstić information content (AvgIpc) is 3.18. The standard InChI is InChI=1S/C14H12F3N5S/c1-8(11-6-18-22-21-11)9-2-4-10(5-3-9)19-13-20-12(7-23-13)14(15,16)17/h2-8H,1H3,(H,19,20)(H,18,21,22). The lowest BCUT2D eigenvalue weighted by atomic mass is 9.98. The number of anilines is 2. The summed E-state index contributed by atoms with van der Waals surface area (Å²) in [5.74, 6) is 0.0690. The van der Waals surface area contributed by atoms with Crippen molar-refractivity contribution in [2.45, 2.75) is 19.0 Å². The van der Waals surface area contributed by atoms with Crippen LogP contribution in [-0.4, -0.2) is 20.4 Å². The quantitative estimate of drug-likeness (QED) is 0.748. The maximum atomic E-state index is 12.5. The van der Waals surface area contributed by atoms with Crippen molar-refractivity contribution in [3.63, 3.8) is 0 Å². The second-order valence-electron chi connectivity index (χ2n) is 4.90. The summed E-state index contributed by atoms with van der Waals surface area (Å²) in [5, 5.41) is 14.5. The van der Waals surface area contributed by atoms with Crippen LogP contribution in [0.2, 0.25) is 0 Å². The Kier molecular flexibility index (Phi) is 4.03. The van der Waals surface area contributed by atoms with Gasteiger partial charge in [-0.05, 0) is 17.7 Å². The van der Waals surface area contributed by atoms with E-state index >= 15 is 0 Å². The van der Waals surface area contributed by atoms with Gasteiger partial charge >= 0.3 is 6.18 Å². The third-order valence-corrected chi connectivity index (χ3v) is 4.09. The predicted molar refractivity (Wildman–Crippen MR) is 80.7 cm³/mol. The van der Waals surface area contributed by atoms with Gasteiger partial charge in [0.2, 0.25) is 0 Å². The SMILES string of the molecule is CC(c1ccc(Nc2nc(C(F)(F)F)cs2)cc1)c1cn[nH]n1. The number of nitrogens with zero attached hydrogens (tertiary/aromatic N) is 3. The Balaban J connectivity index is 1.71. The molecule has 0 amide bonds. The minimum absolute atomic E-state index is 0.0690. The number of thiazole rings is 1. The van der Waals surface area contributed by atoms with Crippen LogP contribution in [0, 0.1) is 0 Å². The Morgan fingerprint density at radius 2 is 1.96 bits per heavy atom. The molecule has 0 aliphatic rings. The number of aromatic nitrogens is 4. The third-order valence-electron chi connectivity index (χ3n) is 3.33. The summed E-state index contributed by atoms with van der Waals surface area (Å²) >= 11 is 0.915. The van der Waals surface area contributed by atoms with Gasteiger partial charge in [-0.1, -0.05) is 19.1 Å². The Morgan fingerprint density at radius 1 is 1.22 bits per heavy atom. The van der Waals surface area contributed by atoms with Crippen molar-refractivity contribution in [2.24, 2.45) is 0 Å². The second kappa shape index (κ2) is 5.99. The van der Waals surface area contributed by atoms with Gasteiger partial charge in [0.1, 0.15) is 0 Å². The summed E-state index contributed by atoms with van der Waals surface area (Å²) < 4.78 is 37.6. The van der Waals surface area contributed by atoms with Gasteiger partial charge in [0.15, 0.2) is 10.8 Å². The fraction of sp³-hybridized carbons (Fsp3) is 0.214. The van der Waals surface area contributed by atoms with E-state index in [-0.39, 0.29) is 11.0 Å². The number of hydrogen-bond donors (Lipinski definition) is 2. The Bertz CT molecular complexity index is 765. The van der Waals surface area contributed by atoms with Crippen LogP contribution in [0.4, 0.5) is 24.0 Å². The summed E-state index contributed by atoms with van der Waals surface area (Å²) in [6.45, 7) is 2.00. The predicted octanol–water partition coefficient (Wildman–Crippen LogP) is 4.18. The lowest BCUT2D eigenvalue weighted by Gasteiger charge is -2.09. The zero-order valence-corrected chi connectivity index (χ0v) is 12.7. The van der Waals surface area contributed by atoms with E-state index in [0.717, 1.165) is 28.0 Å². The Morgan fingerprint density at radius 3 is 2.52 bits per heavy atom. The Hall–Kier alpha value is -2.42. The number of H-pyrrole nitrogens is 1. The first-order chi connectivity index (χ1) is 10.9.